The molecule has 3 amide bonds. The van der Waals surface area contributed by atoms with Crippen molar-refractivity contribution in [2.75, 3.05) is 23.7 Å². The Hall–Kier alpha value is -3.22. The molecule has 2 N–H and O–H groups in total. The number of carbonyl (C=O) groups excluding carboxylic acids is 3. The van der Waals surface area contributed by atoms with Crippen molar-refractivity contribution >= 4 is 29.1 Å². The highest BCUT2D eigenvalue weighted by molar-refractivity contribution is 6.06. The van der Waals surface area contributed by atoms with Crippen LogP contribution in [0.1, 0.15) is 52.1 Å². The number of hydrogen-bond donors (Lipinski definition) is 2. The molecular formula is C23H28N4O3. The number of aromatic nitrogens is 1. The maximum atomic E-state index is 12.8. The number of hydrogen-bond acceptors (Lipinski definition) is 4. The quantitative estimate of drug-likeness (QED) is 0.765. The molecule has 0 unspecified atom stereocenters. The molecule has 0 aliphatic carbocycles. The van der Waals surface area contributed by atoms with E-state index in [0.717, 1.165) is 28.9 Å². The van der Waals surface area contributed by atoms with Crippen molar-refractivity contribution in [2.24, 2.45) is 0 Å². The van der Waals surface area contributed by atoms with Crippen molar-refractivity contribution in [2.45, 2.75) is 47.0 Å². The second-order valence-electron chi connectivity index (χ2n) is 7.79. The van der Waals surface area contributed by atoms with Crippen molar-refractivity contribution < 1.29 is 14.4 Å². The van der Waals surface area contributed by atoms with Crippen molar-refractivity contribution in [3.05, 3.63) is 52.3 Å². The predicted octanol–water partition coefficient (Wildman–Crippen LogP) is 3.52. The van der Waals surface area contributed by atoms with Crippen molar-refractivity contribution in [1.29, 1.82) is 0 Å². The molecule has 2 aromatic rings. The molecular weight excluding hydrogens is 380 g/mol. The van der Waals surface area contributed by atoms with Crippen LogP contribution in [-0.4, -0.2) is 40.7 Å². The number of nitrogens with zero attached hydrogens (tertiary/aromatic N) is 2. The second-order valence-corrected chi connectivity index (χ2v) is 7.79. The minimum Gasteiger partial charge on any atom is -0.342 e. The summed E-state index contributed by atoms with van der Waals surface area (Å²) in [5, 5.41) is 5.77. The van der Waals surface area contributed by atoms with Crippen molar-refractivity contribution in [3.8, 4) is 0 Å². The number of likely N-dealkylation sites (tertiary alicyclic amines) is 1. The number of benzene rings is 1. The number of pyridine rings is 1. The van der Waals surface area contributed by atoms with Gasteiger partial charge in [-0.2, -0.15) is 0 Å². The van der Waals surface area contributed by atoms with Gasteiger partial charge in [0, 0.05) is 42.9 Å². The minimum atomic E-state index is -0.263. The Morgan fingerprint density at radius 2 is 1.77 bits per heavy atom. The average molecular weight is 409 g/mol. The topological polar surface area (TPSA) is 91.4 Å². The number of amides is 3. The zero-order valence-corrected chi connectivity index (χ0v) is 18.0. The van der Waals surface area contributed by atoms with Crippen LogP contribution >= 0.6 is 0 Å². The van der Waals surface area contributed by atoms with Crippen molar-refractivity contribution in [3.63, 3.8) is 0 Å². The Balaban J connectivity index is 1.67. The lowest BCUT2D eigenvalue weighted by Gasteiger charge is -2.16. The Kier molecular flexibility index (Phi) is 6.50. The molecule has 1 aromatic carbocycles. The number of carbonyl (C=O) groups is 3. The van der Waals surface area contributed by atoms with E-state index in [1.54, 1.807) is 23.1 Å². The summed E-state index contributed by atoms with van der Waals surface area (Å²) in [6.07, 6.45) is 1.65. The zero-order valence-electron chi connectivity index (χ0n) is 18.0. The first-order valence-electron chi connectivity index (χ1n) is 10.2. The molecule has 1 saturated heterocycles. The fourth-order valence-electron chi connectivity index (χ4n) is 3.43. The smallest absolute Gasteiger partial charge is 0.255 e. The third-order valence-electron chi connectivity index (χ3n) is 5.46. The first-order chi connectivity index (χ1) is 14.2. The molecule has 2 heterocycles. The van der Waals surface area contributed by atoms with Crippen LogP contribution in [0.25, 0.3) is 0 Å². The molecule has 158 valence electrons. The van der Waals surface area contributed by atoms with E-state index in [1.165, 1.54) is 0 Å². The molecule has 1 aliphatic rings. The standard InChI is InChI=1S/C23H28N4O3/c1-14-7-8-18(23(30)26-20-12-15(2)16(3)24-17(20)4)13-19(14)25-21(28)9-11-27-10-5-6-22(27)29/h7-8,12-13H,5-6,9-11H2,1-4H3,(H,25,28)(H,26,30). The molecule has 0 spiro atoms. The molecule has 1 fully saturated rings. The summed E-state index contributed by atoms with van der Waals surface area (Å²) in [4.78, 5) is 43.0. The Morgan fingerprint density at radius 1 is 1.00 bits per heavy atom. The molecule has 0 bridgehead atoms. The zero-order chi connectivity index (χ0) is 21.8. The van der Waals surface area contributed by atoms with Gasteiger partial charge in [0.2, 0.25) is 11.8 Å². The summed E-state index contributed by atoms with van der Waals surface area (Å²) >= 11 is 0. The van der Waals surface area contributed by atoms with Gasteiger partial charge in [-0.1, -0.05) is 6.07 Å². The number of nitrogens with one attached hydrogen (secondary N) is 2. The lowest BCUT2D eigenvalue weighted by Crippen LogP contribution is -2.28. The Labute approximate surface area is 176 Å². The highest BCUT2D eigenvalue weighted by Crippen LogP contribution is 2.21. The molecule has 3 rings (SSSR count). The van der Waals surface area contributed by atoms with Crippen LogP contribution in [0.4, 0.5) is 11.4 Å². The molecule has 0 atom stereocenters. The van der Waals surface area contributed by atoms with E-state index >= 15 is 0 Å². The SMILES string of the molecule is Cc1ccc(C(=O)Nc2cc(C)c(C)nc2C)cc1NC(=O)CCN1CCCC1=O. The summed E-state index contributed by atoms with van der Waals surface area (Å²) in [6.45, 7) is 8.75. The molecule has 1 aliphatic heterocycles. The number of aryl methyl sites for hydroxylation is 4. The number of rotatable bonds is 6. The summed E-state index contributed by atoms with van der Waals surface area (Å²) in [6, 6.07) is 7.12. The maximum absolute atomic E-state index is 12.8. The second kappa shape index (κ2) is 9.07. The fraction of sp³-hybridized carbons (Fsp3) is 0.391. The first kappa shape index (κ1) is 21.5. The van der Waals surface area contributed by atoms with Crippen LogP contribution in [0.2, 0.25) is 0 Å². The van der Waals surface area contributed by atoms with Crippen LogP contribution < -0.4 is 10.6 Å². The molecule has 7 heteroatoms. The minimum absolute atomic E-state index is 0.105. The molecule has 0 radical (unpaired) electrons. The molecule has 7 nitrogen and oxygen atoms in total. The Morgan fingerprint density at radius 3 is 2.47 bits per heavy atom. The highest BCUT2D eigenvalue weighted by Gasteiger charge is 2.20. The normalized spacial score (nSPS) is 13.5. The van der Waals surface area contributed by atoms with E-state index < -0.39 is 0 Å². The van der Waals surface area contributed by atoms with E-state index in [2.05, 4.69) is 15.6 Å². The predicted molar refractivity (Wildman–Crippen MR) is 117 cm³/mol. The van der Waals surface area contributed by atoms with Gasteiger partial charge < -0.3 is 15.5 Å². The van der Waals surface area contributed by atoms with Gasteiger partial charge in [-0.05, 0) is 63.4 Å². The van der Waals surface area contributed by atoms with E-state index in [9.17, 15) is 14.4 Å². The summed E-state index contributed by atoms with van der Waals surface area (Å²) < 4.78 is 0. The Bertz CT molecular complexity index is 1000. The lowest BCUT2D eigenvalue weighted by molar-refractivity contribution is -0.128. The van der Waals surface area contributed by atoms with E-state index in [-0.39, 0.29) is 24.1 Å². The van der Waals surface area contributed by atoms with Gasteiger partial charge >= 0.3 is 0 Å². The first-order valence-corrected chi connectivity index (χ1v) is 10.2. The molecule has 1 aromatic heterocycles. The average Bonchev–Trinajstić information content (AvgIpc) is 3.11. The van der Waals surface area contributed by atoms with Gasteiger partial charge in [0.15, 0.2) is 0 Å². The van der Waals surface area contributed by atoms with E-state index in [4.69, 9.17) is 0 Å². The van der Waals surface area contributed by atoms with Gasteiger partial charge in [-0.25, -0.2) is 0 Å². The largest absolute Gasteiger partial charge is 0.342 e. The highest BCUT2D eigenvalue weighted by atomic mass is 16.2. The fourth-order valence-corrected chi connectivity index (χ4v) is 3.43. The van der Waals surface area contributed by atoms with Crippen LogP contribution in [0, 0.1) is 27.7 Å². The lowest BCUT2D eigenvalue weighted by atomic mass is 10.1. The van der Waals surface area contributed by atoms with Gasteiger partial charge in [0.25, 0.3) is 5.91 Å². The summed E-state index contributed by atoms with van der Waals surface area (Å²) in [7, 11) is 0. The van der Waals surface area contributed by atoms with Gasteiger partial charge in [0.05, 0.1) is 11.4 Å². The third-order valence-corrected chi connectivity index (χ3v) is 5.46. The van der Waals surface area contributed by atoms with Gasteiger partial charge in [0.1, 0.15) is 0 Å². The van der Waals surface area contributed by atoms with E-state index in [0.29, 0.717) is 36.4 Å². The van der Waals surface area contributed by atoms with E-state index in [1.807, 2.05) is 33.8 Å². The third kappa shape index (κ3) is 5.03. The molecule has 30 heavy (non-hydrogen) atoms. The monoisotopic (exact) mass is 408 g/mol. The maximum Gasteiger partial charge on any atom is 0.255 e. The number of anilines is 2. The summed E-state index contributed by atoms with van der Waals surface area (Å²) in [5.41, 5.74) is 5.26. The van der Waals surface area contributed by atoms with Gasteiger partial charge in [-0.15, -0.1) is 0 Å². The van der Waals surface area contributed by atoms with Crippen molar-refractivity contribution in [1.82, 2.24) is 9.88 Å². The van der Waals surface area contributed by atoms with Crippen LogP contribution in [0.3, 0.4) is 0 Å². The van der Waals surface area contributed by atoms with Gasteiger partial charge in [-0.3, -0.25) is 19.4 Å². The van der Waals surface area contributed by atoms with Crippen LogP contribution in [0.15, 0.2) is 24.3 Å². The van der Waals surface area contributed by atoms with Crippen LogP contribution in [-0.2, 0) is 9.59 Å². The summed E-state index contributed by atoms with van der Waals surface area (Å²) in [5.74, 6) is -0.334. The molecule has 0 saturated carbocycles. The van der Waals surface area contributed by atoms with Crippen LogP contribution in [0.5, 0.6) is 0 Å².